The van der Waals surface area contributed by atoms with Gasteiger partial charge in [-0.2, -0.15) is 0 Å². The average molecular weight is 280 g/mol. The molecule has 0 saturated carbocycles. The van der Waals surface area contributed by atoms with Crippen LogP contribution in [0.5, 0.6) is 5.75 Å². The van der Waals surface area contributed by atoms with Gasteiger partial charge < -0.3 is 20.0 Å². The highest BCUT2D eigenvalue weighted by Crippen LogP contribution is 2.33. The molecule has 0 aliphatic carbocycles. The molecule has 1 unspecified atom stereocenters. The van der Waals surface area contributed by atoms with Crippen molar-refractivity contribution in [2.45, 2.75) is 25.8 Å². The summed E-state index contributed by atoms with van der Waals surface area (Å²) in [6.45, 7) is 5.28. The van der Waals surface area contributed by atoms with Crippen molar-refractivity contribution in [3.8, 4) is 5.75 Å². The maximum absolute atomic E-state index is 5.50. The Bertz CT molecular complexity index is 441. The Morgan fingerprint density at radius 2 is 2.25 bits per heavy atom. The number of ether oxygens (including phenoxy) is 1. The van der Waals surface area contributed by atoms with E-state index in [1.165, 1.54) is 6.33 Å². The lowest BCUT2D eigenvalue weighted by Crippen LogP contribution is -2.40. The van der Waals surface area contributed by atoms with Crippen molar-refractivity contribution in [3.05, 3.63) is 6.33 Å². The maximum Gasteiger partial charge on any atom is 0.205 e. The fraction of sp³-hybridized carbons (Fsp3) is 0.692. The van der Waals surface area contributed by atoms with Gasteiger partial charge >= 0.3 is 0 Å². The Labute approximate surface area is 120 Å². The van der Waals surface area contributed by atoms with Crippen LogP contribution in [-0.4, -0.2) is 54.7 Å². The highest BCUT2D eigenvalue weighted by Gasteiger charge is 2.26. The van der Waals surface area contributed by atoms with Crippen molar-refractivity contribution in [2.75, 3.05) is 44.1 Å². The number of hydrazine groups is 1. The molecule has 0 aromatic carbocycles. The number of methoxy groups -OCH3 is 1. The molecule has 1 aliphatic rings. The van der Waals surface area contributed by atoms with Crippen LogP contribution in [0.25, 0.3) is 0 Å². The second-order valence-electron chi connectivity index (χ2n) is 5.09. The lowest BCUT2D eigenvalue weighted by atomic mass is 10.2. The number of anilines is 2. The maximum atomic E-state index is 5.50. The van der Waals surface area contributed by atoms with Gasteiger partial charge in [0.25, 0.3) is 0 Å². The highest BCUT2D eigenvalue weighted by molar-refractivity contribution is 5.64. The topological polar surface area (TPSA) is 79.5 Å². The second kappa shape index (κ2) is 6.71. The number of nitrogens with zero attached hydrogens (tertiary/aromatic N) is 4. The zero-order chi connectivity index (χ0) is 14.5. The molecule has 2 heterocycles. The Balaban J connectivity index is 2.37. The molecule has 2 rings (SSSR count). The summed E-state index contributed by atoms with van der Waals surface area (Å²) in [6, 6.07) is 0.414. The van der Waals surface area contributed by atoms with Gasteiger partial charge in [0.05, 0.1) is 7.11 Å². The van der Waals surface area contributed by atoms with E-state index in [1.54, 1.807) is 7.11 Å². The predicted molar refractivity (Wildman–Crippen MR) is 79.9 cm³/mol. The Morgan fingerprint density at radius 3 is 2.90 bits per heavy atom. The first-order valence-electron chi connectivity index (χ1n) is 7.02. The van der Waals surface area contributed by atoms with E-state index >= 15 is 0 Å². The summed E-state index contributed by atoms with van der Waals surface area (Å²) in [6.07, 6.45) is 3.68. The number of hydrogen-bond donors (Lipinski definition) is 2. The van der Waals surface area contributed by atoms with E-state index < -0.39 is 0 Å². The molecule has 1 atom stereocenters. The van der Waals surface area contributed by atoms with E-state index in [0.29, 0.717) is 17.6 Å². The largest absolute Gasteiger partial charge is 0.490 e. The molecule has 0 radical (unpaired) electrons. The normalized spacial score (nSPS) is 20.6. The van der Waals surface area contributed by atoms with Crippen molar-refractivity contribution >= 4 is 11.6 Å². The third kappa shape index (κ3) is 2.94. The van der Waals surface area contributed by atoms with Gasteiger partial charge in [0.1, 0.15) is 6.33 Å². The minimum absolute atomic E-state index is 0.414. The minimum Gasteiger partial charge on any atom is -0.490 e. The smallest absolute Gasteiger partial charge is 0.205 e. The van der Waals surface area contributed by atoms with Gasteiger partial charge in [0.15, 0.2) is 11.6 Å². The predicted octanol–water partition coefficient (Wildman–Crippen LogP) is 0.691. The van der Waals surface area contributed by atoms with E-state index in [-0.39, 0.29) is 0 Å². The van der Waals surface area contributed by atoms with E-state index in [9.17, 15) is 0 Å². The van der Waals surface area contributed by atoms with Gasteiger partial charge in [-0.1, -0.05) is 6.92 Å². The molecule has 0 bridgehead atoms. The van der Waals surface area contributed by atoms with Crippen molar-refractivity contribution in [1.29, 1.82) is 0 Å². The highest BCUT2D eigenvalue weighted by atomic mass is 16.5. The third-order valence-corrected chi connectivity index (χ3v) is 3.77. The van der Waals surface area contributed by atoms with Crippen molar-refractivity contribution in [2.24, 2.45) is 5.84 Å². The summed E-state index contributed by atoms with van der Waals surface area (Å²) in [5.74, 6) is 7.44. The van der Waals surface area contributed by atoms with Gasteiger partial charge in [0, 0.05) is 19.1 Å². The Kier molecular flexibility index (Phi) is 4.97. The summed E-state index contributed by atoms with van der Waals surface area (Å²) in [5.41, 5.74) is 2.57. The average Bonchev–Trinajstić information content (AvgIpc) is 2.67. The van der Waals surface area contributed by atoms with E-state index in [0.717, 1.165) is 38.3 Å². The van der Waals surface area contributed by atoms with Gasteiger partial charge in [-0.3, -0.25) is 0 Å². The molecular weight excluding hydrogens is 256 g/mol. The SMILES string of the molecule is CCC1CN(C)CCCN1c1ncnc(NN)c1OC. The first-order valence-corrected chi connectivity index (χ1v) is 7.02. The van der Waals surface area contributed by atoms with Crippen LogP contribution >= 0.6 is 0 Å². The van der Waals surface area contributed by atoms with Crippen molar-refractivity contribution in [3.63, 3.8) is 0 Å². The fourth-order valence-electron chi connectivity index (χ4n) is 2.73. The lowest BCUT2D eigenvalue weighted by molar-refractivity contribution is 0.327. The molecular formula is C13H24N6O. The molecule has 0 amide bonds. The molecule has 1 fully saturated rings. The number of rotatable bonds is 4. The number of hydrogen-bond acceptors (Lipinski definition) is 7. The van der Waals surface area contributed by atoms with E-state index in [2.05, 4.69) is 39.2 Å². The fourth-order valence-corrected chi connectivity index (χ4v) is 2.73. The van der Waals surface area contributed by atoms with Crippen LogP contribution in [-0.2, 0) is 0 Å². The Hall–Kier alpha value is -1.60. The monoisotopic (exact) mass is 280 g/mol. The molecule has 1 aromatic rings. The first kappa shape index (κ1) is 14.8. The zero-order valence-corrected chi connectivity index (χ0v) is 12.5. The molecule has 1 saturated heterocycles. The van der Waals surface area contributed by atoms with Crippen LogP contribution in [0, 0.1) is 0 Å². The first-order chi connectivity index (χ1) is 9.71. The standard InChI is InChI=1S/C13H24N6O/c1-4-10-8-18(2)6-5-7-19(10)13-11(20-3)12(17-14)15-9-16-13/h9-10H,4-8,14H2,1-3H3,(H,15,16,17). The summed E-state index contributed by atoms with van der Waals surface area (Å²) >= 11 is 0. The summed E-state index contributed by atoms with van der Waals surface area (Å²) in [5, 5.41) is 0. The molecule has 112 valence electrons. The second-order valence-corrected chi connectivity index (χ2v) is 5.09. The number of likely N-dealkylation sites (N-methyl/N-ethyl adjacent to an activating group) is 1. The van der Waals surface area contributed by atoms with E-state index in [1.807, 2.05) is 0 Å². The molecule has 20 heavy (non-hydrogen) atoms. The summed E-state index contributed by atoms with van der Waals surface area (Å²) < 4.78 is 5.46. The summed E-state index contributed by atoms with van der Waals surface area (Å²) in [4.78, 5) is 13.2. The van der Waals surface area contributed by atoms with Crippen LogP contribution in [0.2, 0.25) is 0 Å². The van der Waals surface area contributed by atoms with Gasteiger partial charge in [-0.15, -0.1) is 0 Å². The molecule has 1 aromatic heterocycles. The molecule has 1 aliphatic heterocycles. The van der Waals surface area contributed by atoms with Crippen LogP contribution < -0.4 is 20.9 Å². The number of nitrogens with two attached hydrogens (primary N) is 1. The lowest BCUT2D eigenvalue weighted by Gasteiger charge is -2.32. The van der Waals surface area contributed by atoms with Crippen molar-refractivity contribution in [1.82, 2.24) is 14.9 Å². The van der Waals surface area contributed by atoms with Crippen LogP contribution in [0.1, 0.15) is 19.8 Å². The molecule has 7 heteroatoms. The van der Waals surface area contributed by atoms with Gasteiger partial charge in [-0.05, 0) is 26.4 Å². The number of nitrogen functional groups attached to an aromatic ring is 1. The van der Waals surface area contributed by atoms with Gasteiger partial charge in [-0.25, -0.2) is 15.8 Å². The number of aromatic nitrogens is 2. The minimum atomic E-state index is 0.414. The van der Waals surface area contributed by atoms with Gasteiger partial charge in [0.2, 0.25) is 5.75 Å². The third-order valence-electron chi connectivity index (χ3n) is 3.77. The quantitative estimate of drug-likeness (QED) is 0.620. The number of nitrogens with one attached hydrogen (secondary N) is 1. The van der Waals surface area contributed by atoms with Crippen LogP contribution in [0.15, 0.2) is 6.33 Å². The molecule has 0 spiro atoms. The van der Waals surface area contributed by atoms with Crippen molar-refractivity contribution < 1.29 is 4.74 Å². The Morgan fingerprint density at radius 1 is 1.45 bits per heavy atom. The molecule has 7 nitrogen and oxygen atoms in total. The summed E-state index contributed by atoms with van der Waals surface area (Å²) in [7, 11) is 3.78. The zero-order valence-electron chi connectivity index (χ0n) is 12.5. The van der Waals surface area contributed by atoms with Crippen LogP contribution in [0.3, 0.4) is 0 Å². The molecule has 3 N–H and O–H groups in total. The van der Waals surface area contributed by atoms with E-state index in [4.69, 9.17) is 10.6 Å². The van der Waals surface area contributed by atoms with Crippen LogP contribution in [0.4, 0.5) is 11.6 Å².